The zero-order chi connectivity index (χ0) is 17.2. The number of hydrogen-bond acceptors (Lipinski definition) is 6. The Morgan fingerprint density at radius 3 is 2.88 bits per heavy atom. The highest BCUT2D eigenvalue weighted by molar-refractivity contribution is 5.89. The topological polar surface area (TPSA) is 70.8 Å². The predicted molar refractivity (Wildman–Crippen MR) is 83.6 cm³/mol. The van der Waals surface area contributed by atoms with Crippen molar-refractivity contribution in [3.63, 3.8) is 0 Å². The molecule has 3 aromatic rings. The molecule has 7 heteroatoms. The SMILES string of the molecule is O=C(OCc1cc(-c2ccc3c(c2)OCO3)on1)c1cccc(F)c1. The Bertz CT molecular complexity index is 937. The Morgan fingerprint density at radius 2 is 2.00 bits per heavy atom. The lowest BCUT2D eigenvalue weighted by atomic mass is 10.1. The summed E-state index contributed by atoms with van der Waals surface area (Å²) < 4.78 is 34.1. The Morgan fingerprint density at radius 1 is 1.12 bits per heavy atom. The number of carbonyl (C=O) groups is 1. The van der Waals surface area contributed by atoms with Crippen LogP contribution in [0.1, 0.15) is 16.1 Å². The van der Waals surface area contributed by atoms with Crippen molar-refractivity contribution in [2.75, 3.05) is 6.79 Å². The van der Waals surface area contributed by atoms with E-state index in [4.69, 9.17) is 18.7 Å². The van der Waals surface area contributed by atoms with Crippen molar-refractivity contribution in [3.05, 3.63) is 65.6 Å². The molecule has 0 atom stereocenters. The van der Waals surface area contributed by atoms with E-state index in [1.54, 1.807) is 18.2 Å². The van der Waals surface area contributed by atoms with Gasteiger partial charge in [0.1, 0.15) is 18.1 Å². The van der Waals surface area contributed by atoms with Gasteiger partial charge in [-0.2, -0.15) is 0 Å². The smallest absolute Gasteiger partial charge is 0.338 e. The van der Waals surface area contributed by atoms with Gasteiger partial charge in [-0.3, -0.25) is 0 Å². The van der Waals surface area contributed by atoms with Gasteiger partial charge in [-0.05, 0) is 36.4 Å². The summed E-state index contributed by atoms with van der Waals surface area (Å²) in [6, 6.07) is 12.3. The average Bonchev–Trinajstić information content (AvgIpc) is 3.28. The molecule has 0 bridgehead atoms. The third-order valence-corrected chi connectivity index (χ3v) is 3.63. The Hall–Kier alpha value is -3.35. The van der Waals surface area contributed by atoms with Crippen LogP contribution < -0.4 is 9.47 Å². The Balaban J connectivity index is 1.44. The van der Waals surface area contributed by atoms with Crippen molar-refractivity contribution < 1.29 is 27.9 Å². The van der Waals surface area contributed by atoms with Crippen LogP contribution >= 0.6 is 0 Å². The molecule has 2 heterocycles. The van der Waals surface area contributed by atoms with Gasteiger partial charge in [0.15, 0.2) is 17.3 Å². The average molecular weight is 341 g/mol. The first-order chi connectivity index (χ1) is 12.2. The summed E-state index contributed by atoms with van der Waals surface area (Å²) in [6.45, 7) is 0.111. The number of benzene rings is 2. The zero-order valence-corrected chi connectivity index (χ0v) is 12.9. The highest BCUT2D eigenvalue weighted by Gasteiger charge is 2.16. The van der Waals surface area contributed by atoms with Crippen LogP contribution in [0.3, 0.4) is 0 Å². The van der Waals surface area contributed by atoms with Crippen LogP contribution in [0.5, 0.6) is 11.5 Å². The maximum Gasteiger partial charge on any atom is 0.338 e. The summed E-state index contributed by atoms with van der Waals surface area (Å²) in [5.74, 6) is 0.684. The fourth-order valence-electron chi connectivity index (χ4n) is 2.40. The summed E-state index contributed by atoms with van der Waals surface area (Å²) in [4.78, 5) is 11.9. The van der Waals surface area contributed by atoms with Crippen LogP contribution in [0.15, 0.2) is 53.1 Å². The van der Waals surface area contributed by atoms with Crippen LogP contribution in [-0.2, 0) is 11.3 Å². The lowest BCUT2D eigenvalue weighted by molar-refractivity contribution is 0.0463. The first-order valence-electron chi connectivity index (χ1n) is 7.47. The highest BCUT2D eigenvalue weighted by atomic mass is 19.1. The number of aromatic nitrogens is 1. The molecule has 6 nitrogen and oxygen atoms in total. The summed E-state index contributed by atoms with van der Waals surface area (Å²) in [6.07, 6.45) is 0. The van der Waals surface area contributed by atoms with Gasteiger partial charge in [-0.15, -0.1) is 0 Å². The molecule has 0 saturated carbocycles. The third-order valence-electron chi connectivity index (χ3n) is 3.63. The van der Waals surface area contributed by atoms with Crippen LogP contribution in [0.25, 0.3) is 11.3 Å². The van der Waals surface area contributed by atoms with E-state index in [-0.39, 0.29) is 19.0 Å². The molecule has 0 saturated heterocycles. The zero-order valence-electron chi connectivity index (χ0n) is 12.9. The fraction of sp³-hybridized carbons (Fsp3) is 0.111. The number of esters is 1. The van der Waals surface area contributed by atoms with E-state index in [2.05, 4.69) is 5.16 Å². The summed E-state index contributed by atoms with van der Waals surface area (Å²) in [7, 11) is 0. The third kappa shape index (κ3) is 3.16. The van der Waals surface area contributed by atoms with E-state index >= 15 is 0 Å². The maximum absolute atomic E-state index is 13.1. The standard InChI is InChI=1S/C18H12FNO5/c19-13-3-1-2-12(6-13)18(21)22-9-14-8-16(25-20-14)11-4-5-15-17(7-11)24-10-23-15/h1-8H,9-10H2. The second kappa shape index (κ2) is 6.27. The number of fused-ring (bicyclic) bond motifs is 1. The molecule has 0 radical (unpaired) electrons. The van der Waals surface area contributed by atoms with Gasteiger partial charge in [0.05, 0.1) is 5.56 Å². The quantitative estimate of drug-likeness (QED) is 0.676. The van der Waals surface area contributed by atoms with Gasteiger partial charge < -0.3 is 18.7 Å². The van der Waals surface area contributed by atoms with E-state index in [1.807, 2.05) is 6.07 Å². The predicted octanol–water partition coefficient (Wildman–Crippen LogP) is 3.57. The number of hydrogen-bond donors (Lipinski definition) is 0. The normalized spacial score (nSPS) is 12.2. The fourth-order valence-corrected chi connectivity index (χ4v) is 2.40. The van der Waals surface area contributed by atoms with E-state index in [9.17, 15) is 9.18 Å². The summed E-state index contributed by atoms with van der Waals surface area (Å²) in [5.41, 5.74) is 1.34. The van der Waals surface area contributed by atoms with E-state index in [0.29, 0.717) is 23.0 Å². The monoisotopic (exact) mass is 341 g/mol. The molecular weight excluding hydrogens is 329 g/mol. The molecule has 0 spiro atoms. The largest absolute Gasteiger partial charge is 0.455 e. The van der Waals surface area contributed by atoms with Crippen LogP contribution in [0, 0.1) is 5.82 Å². The molecule has 25 heavy (non-hydrogen) atoms. The number of carbonyl (C=O) groups excluding carboxylic acids is 1. The second-order valence-corrected chi connectivity index (χ2v) is 5.34. The lowest BCUT2D eigenvalue weighted by Gasteiger charge is -2.02. The van der Waals surface area contributed by atoms with Crippen molar-refractivity contribution >= 4 is 5.97 Å². The summed E-state index contributed by atoms with van der Waals surface area (Å²) >= 11 is 0. The number of halogens is 1. The molecule has 0 fully saturated rings. The van der Waals surface area contributed by atoms with E-state index in [0.717, 1.165) is 11.6 Å². The van der Waals surface area contributed by atoms with Gasteiger partial charge in [0.2, 0.25) is 6.79 Å². The molecule has 0 amide bonds. The van der Waals surface area contributed by atoms with Crippen LogP contribution in [0.2, 0.25) is 0 Å². The second-order valence-electron chi connectivity index (χ2n) is 5.34. The molecule has 0 aliphatic carbocycles. The number of nitrogens with zero attached hydrogens (tertiary/aromatic N) is 1. The first kappa shape index (κ1) is 15.2. The van der Waals surface area contributed by atoms with Gasteiger partial charge in [0.25, 0.3) is 0 Å². The van der Waals surface area contributed by atoms with E-state index < -0.39 is 11.8 Å². The molecular formula is C18H12FNO5. The number of rotatable bonds is 4. The molecule has 0 N–H and O–H groups in total. The first-order valence-corrected chi connectivity index (χ1v) is 7.47. The van der Waals surface area contributed by atoms with Gasteiger partial charge in [-0.25, -0.2) is 9.18 Å². The van der Waals surface area contributed by atoms with E-state index in [1.165, 1.54) is 18.2 Å². The molecule has 1 aromatic heterocycles. The minimum atomic E-state index is -0.632. The minimum Gasteiger partial charge on any atom is -0.455 e. The molecule has 1 aliphatic rings. The van der Waals surface area contributed by atoms with Gasteiger partial charge >= 0.3 is 5.97 Å². The van der Waals surface area contributed by atoms with Crippen molar-refractivity contribution in [1.82, 2.24) is 5.16 Å². The molecule has 4 rings (SSSR count). The minimum absolute atomic E-state index is 0.0800. The molecule has 126 valence electrons. The molecule has 2 aromatic carbocycles. The Labute approximate surface area is 141 Å². The Kier molecular flexibility index (Phi) is 3.81. The van der Waals surface area contributed by atoms with Gasteiger partial charge in [-0.1, -0.05) is 11.2 Å². The van der Waals surface area contributed by atoms with Crippen molar-refractivity contribution in [2.45, 2.75) is 6.61 Å². The van der Waals surface area contributed by atoms with Crippen LogP contribution in [-0.4, -0.2) is 17.9 Å². The van der Waals surface area contributed by atoms with Crippen LogP contribution in [0.4, 0.5) is 4.39 Å². The summed E-state index contributed by atoms with van der Waals surface area (Å²) in [5, 5.41) is 3.87. The highest BCUT2D eigenvalue weighted by Crippen LogP contribution is 2.36. The number of ether oxygens (including phenoxy) is 3. The van der Waals surface area contributed by atoms with Crippen molar-refractivity contribution in [2.24, 2.45) is 0 Å². The van der Waals surface area contributed by atoms with Gasteiger partial charge in [0, 0.05) is 11.6 Å². The molecule has 0 unspecified atom stereocenters. The van der Waals surface area contributed by atoms with Crippen molar-refractivity contribution in [3.8, 4) is 22.8 Å². The lowest BCUT2D eigenvalue weighted by Crippen LogP contribution is -2.05. The van der Waals surface area contributed by atoms with Crippen molar-refractivity contribution in [1.29, 1.82) is 0 Å². The maximum atomic E-state index is 13.1. The molecule has 1 aliphatic heterocycles.